The first-order valence-electron chi connectivity index (χ1n) is 8.71. The Morgan fingerprint density at radius 1 is 1.35 bits per heavy atom. The van der Waals surface area contributed by atoms with Crippen LogP contribution in [0.1, 0.15) is 29.6 Å². The van der Waals surface area contributed by atoms with Crippen molar-refractivity contribution in [2.45, 2.75) is 31.5 Å². The third-order valence-electron chi connectivity index (χ3n) is 4.03. The van der Waals surface area contributed by atoms with Gasteiger partial charge in [-0.15, -0.1) is 0 Å². The van der Waals surface area contributed by atoms with Crippen LogP contribution in [0.15, 0.2) is 24.3 Å². The zero-order valence-corrected chi connectivity index (χ0v) is 14.8. The van der Waals surface area contributed by atoms with Gasteiger partial charge in [0.15, 0.2) is 0 Å². The largest absolute Gasteiger partial charge is 0.491 e. The van der Waals surface area contributed by atoms with Gasteiger partial charge in [-0.25, -0.2) is 0 Å². The highest BCUT2D eigenvalue weighted by molar-refractivity contribution is 5.94. The number of ether oxygens (including phenoxy) is 2. The molecular formula is C18H25F3N2O3. The van der Waals surface area contributed by atoms with Crippen LogP contribution in [0.5, 0.6) is 5.75 Å². The Bertz CT molecular complexity index is 558. The summed E-state index contributed by atoms with van der Waals surface area (Å²) >= 11 is 0. The zero-order chi connectivity index (χ0) is 19.0. The maximum Gasteiger partial charge on any atom is 0.401 e. The van der Waals surface area contributed by atoms with E-state index in [1.165, 1.54) is 11.9 Å². The lowest BCUT2D eigenvalue weighted by Crippen LogP contribution is -2.33. The van der Waals surface area contributed by atoms with Crippen molar-refractivity contribution in [3.8, 4) is 5.75 Å². The topological polar surface area (TPSA) is 50.8 Å². The van der Waals surface area contributed by atoms with E-state index in [1.807, 2.05) is 0 Å². The van der Waals surface area contributed by atoms with Gasteiger partial charge in [-0.2, -0.15) is 13.2 Å². The summed E-state index contributed by atoms with van der Waals surface area (Å²) in [5, 5.41) is 2.71. The van der Waals surface area contributed by atoms with Gasteiger partial charge < -0.3 is 14.8 Å². The van der Waals surface area contributed by atoms with Crippen LogP contribution in [0.3, 0.4) is 0 Å². The van der Waals surface area contributed by atoms with E-state index in [0.29, 0.717) is 30.9 Å². The van der Waals surface area contributed by atoms with Crippen LogP contribution in [-0.4, -0.2) is 63.0 Å². The van der Waals surface area contributed by atoms with Crippen LogP contribution in [-0.2, 0) is 4.74 Å². The average molecular weight is 374 g/mol. The highest BCUT2D eigenvalue weighted by atomic mass is 19.4. The van der Waals surface area contributed by atoms with E-state index in [0.717, 1.165) is 19.4 Å². The summed E-state index contributed by atoms with van der Waals surface area (Å²) in [5.41, 5.74) is 0.484. The highest BCUT2D eigenvalue weighted by Crippen LogP contribution is 2.17. The number of nitrogens with one attached hydrogen (secondary N) is 1. The Balaban J connectivity index is 1.65. The van der Waals surface area contributed by atoms with E-state index in [9.17, 15) is 18.0 Å². The summed E-state index contributed by atoms with van der Waals surface area (Å²) in [6.07, 6.45) is -1.57. The molecule has 1 N–H and O–H groups in total. The maximum atomic E-state index is 12.2. The van der Waals surface area contributed by atoms with Crippen molar-refractivity contribution in [3.63, 3.8) is 0 Å². The van der Waals surface area contributed by atoms with E-state index < -0.39 is 12.7 Å². The van der Waals surface area contributed by atoms with Crippen molar-refractivity contribution in [1.29, 1.82) is 0 Å². The molecule has 8 heteroatoms. The molecule has 26 heavy (non-hydrogen) atoms. The fraction of sp³-hybridized carbons (Fsp3) is 0.611. The summed E-state index contributed by atoms with van der Waals surface area (Å²) in [6.45, 7) is 0.901. The number of rotatable bonds is 9. The van der Waals surface area contributed by atoms with Gasteiger partial charge in [0.2, 0.25) is 0 Å². The number of carbonyl (C=O) groups is 1. The van der Waals surface area contributed by atoms with Crippen molar-refractivity contribution in [2.24, 2.45) is 0 Å². The first-order valence-corrected chi connectivity index (χ1v) is 8.71. The molecule has 0 aliphatic carbocycles. The fourth-order valence-corrected chi connectivity index (χ4v) is 2.71. The molecular weight excluding hydrogens is 349 g/mol. The van der Waals surface area contributed by atoms with E-state index >= 15 is 0 Å². The molecule has 0 saturated carbocycles. The molecule has 1 saturated heterocycles. The maximum absolute atomic E-state index is 12.2. The number of nitrogens with zero attached hydrogens (tertiary/aromatic N) is 1. The van der Waals surface area contributed by atoms with E-state index in [2.05, 4.69) is 5.32 Å². The standard InChI is InChI=1S/C18H25F3N2O3/c1-23(13-18(19,20)21)10-3-9-22-17(24)14-5-7-15(8-6-14)26-12-16-4-2-11-25-16/h5-8,16H,2-4,9-13H2,1H3,(H,22,24). The molecule has 1 unspecified atom stereocenters. The summed E-state index contributed by atoms with van der Waals surface area (Å²) in [4.78, 5) is 13.2. The Morgan fingerprint density at radius 3 is 2.69 bits per heavy atom. The second kappa shape index (κ2) is 9.78. The predicted molar refractivity (Wildman–Crippen MR) is 91.4 cm³/mol. The Morgan fingerprint density at radius 2 is 2.08 bits per heavy atom. The molecule has 0 aromatic heterocycles. The normalized spacial score (nSPS) is 17.5. The predicted octanol–water partition coefficient (Wildman–Crippen LogP) is 2.86. The van der Waals surface area contributed by atoms with Gasteiger partial charge in [-0.3, -0.25) is 9.69 Å². The van der Waals surface area contributed by atoms with Gasteiger partial charge in [0, 0.05) is 18.7 Å². The van der Waals surface area contributed by atoms with Crippen LogP contribution in [0.2, 0.25) is 0 Å². The molecule has 1 atom stereocenters. The van der Waals surface area contributed by atoms with Crippen LogP contribution in [0, 0.1) is 0 Å². The van der Waals surface area contributed by atoms with Crippen molar-refractivity contribution in [1.82, 2.24) is 10.2 Å². The Hall–Kier alpha value is -1.80. The minimum absolute atomic E-state index is 0.133. The first-order chi connectivity index (χ1) is 12.3. The fourth-order valence-electron chi connectivity index (χ4n) is 2.71. The third-order valence-corrected chi connectivity index (χ3v) is 4.03. The minimum Gasteiger partial charge on any atom is -0.491 e. The lowest BCUT2D eigenvalue weighted by molar-refractivity contribution is -0.143. The smallest absolute Gasteiger partial charge is 0.401 e. The molecule has 1 aliphatic heterocycles. The number of hydrogen-bond donors (Lipinski definition) is 1. The number of alkyl halides is 3. The summed E-state index contributed by atoms with van der Waals surface area (Å²) < 4.78 is 47.7. The molecule has 1 fully saturated rings. The van der Waals surface area contributed by atoms with Gasteiger partial charge in [0.1, 0.15) is 12.4 Å². The second-order valence-corrected chi connectivity index (χ2v) is 6.43. The monoisotopic (exact) mass is 374 g/mol. The highest BCUT2D eigenvalue weighted by Gasteiger charge is 2.28. The van der Waals surface area contributed by atoms with Crippen molar-refractivity contribution in [3.05, 3.63) is 29.8 Å². The van der Waals surface area contributed by atoms with Gasteiger partial charge in [-0.05, 0) is 57.1 Å². The summed E-state index contributed by atoms with van der Waals surface area (Å²) in [6, 6.07) is 6.77. The minimum atomic E-state index is -4.20. The number of benzene rings is 1. The molecule has 1 aromatic rings. The lowest BCUT2D eigenvalue weighted by Gasteiger charge is -2.18. The molecule has 5 nitrogen and oxygen atoms in total. The summed E-state index contributed by atoms with van der Waals surface area (Å²) in [5.74, 6) is 0.417. The van der Waals surface area contributed by atoms with E-state index in [1.54, 1.807) is 24.3 Å². The number of halogens is 3. The van der Waals surface area contributed by atoms with E-state index in [4.69, 9.17) is 9.47 Å². The van der Waals surface area contributed by atoms with Crippen LogP contribution in [0.25, 0.3) is 0 Å². The molecule has 1 aromatic carbocycles. The Labute approximate surface area is 151 Å². The van der Waals surface area contributed by atoms with Crippen LogP contribution < -0.4 is 10.1 Å². The second-order valence-electron chi connectivity index (χ2n) is 6.43. The molecule has 1 heterocycles. The van der Waals surface area contributed by atoms with Gasteiger partial charge in [-0.1, -0.05) is 0 Å². The number of amides is 1. The van der Waals surface area contributed by atoms with Crippen molar-refractivity contribution >= 4 is 5.91 Å². The SMILES string of the molecule is CN(CCCNC(=O)c1ccc(OCC2CCCO2)cc1)CC(F)(F)F. The molecule has 0 radical (unpaired) electrons. The number of carbonyl (C=O) groups excluding carboxylic acids is 1. The van der Waals surface area contributed by atoms with Crippen LogP contribution >= 0.6 is 0 Å². The molecule has 1 aliphatic rings. The van der Waals surface area contributed by atoms with Gasteiger partial charge >= 0.3 is 6.18 Å². The Kier molecular flexibility index (Phi) is 7.71. The molecule has 0 bridgehead atoms. The zero-order valence-electron chi connectivity index (χ0n) is 14.8. The lowest BCUT2D eigenvalue weighted by atomic mass is 10.2. The summed E-state index contributed by atoms with van der Waals surface area (Å²) in [7, 11) is 1.41. The van der Waals surface area contributed by atoms with Gasteiger partial charge in [0.25, 0.3) is 5.91 Å². The third kappa shape index (κ3) is 7.61. The molecule has 146 valence electrons. The number of hydrogen-bond acceptors (Lipinski definition) is 4. The first kappa shape index (κ1) is 20.5. The molecule has 1 amide bonds. The molecule has 0 spiro atoms. The van der Waals surface area contributed by atoms with Crippen molar-refractivity contribution < 1.29 is 27.4 Å². The van der Waals surface area contributed by atoms with E-state index in [-0.39, 0.29) is 18.6 Å². The quantitative estimate of drug-likeness (QED) is 0.676. The van der Waals surface area contributed by atoms with Crippen LogP contribution in [0.4, 0.5) is 13.2 Å². The molecule has 2 rings (SSSR count). The van der Waals surface area contributed by atoms with Gasteiger partial charge in [0.05, 0.1) is 12.6 Å². The average Bonchev–Trinajstić information content (AvgIpc) is 3.09. The van der Waals surface area contributed by atoms with Crippen molar-refractivity contribution in [2.75, 3.05) is 39.9 Å².